The van der Waals surface area contributed by atoms with Crippen molar-refractivity contribution in [3.63, 3.8) is 0 Å². The molecule has 0 spiro atoms. The van der Waals surface area contributed by atoms with Crippen LogP contribution >= 0.6 is 0 Å². The first kappa shape index (κ1) is 10.4. The van der Waals surface area contributed by atoms with Crippen LogP contribution in [-0.2, 0) is 0 Å². The van der Waals surface area contributed by atoms with E-state index in [9.17, 15) is 4.79 Å². The fourth-order valence-corrected chi connectivity index (χ4v) is 0.837. The number of nitrogens with one attached hydrogen (secondary N) is 2. The van der Waals surface area contributed by atoms with Gasteiger partial charge in [-0.3, -0.25) is 5.32 Å². The number of carbonyl (C=O) groups excluding carboxylic acids is 1. The molecule has 0 fully saturated rings. The van der Waals surface area contributed by atoms with Gasteiger partial charge in [0.15, 0.2) is 0 Å². The van der Waals surface area contributed by atoms with Crippen molar-refractivity contribution in [2.24, 2.45) is 0 Å². The van der Waals surface area contributed by atoms with Crippen molar-refractivity contribution in [2.75, 3.05) is 5.32 Å². The number of hydrogen-bond acceptors (Lipinski definition) is 3. The van der Waals surface area contributed by atoms with Gasteiger partial charge in [0.2, 0.25) is 5.95 Å². The maximum absolute atomic E-state index is 11.3. The van der Waals surface area contributed by atoms with Crippen LogP contribution in [0.4, 0.5) is 10.7 Å². The van der Waals surface area contributed by atoms with E-state index in [1.165, 1.54) is 0 Å². The quantitative estimate of drug-likeness (QED) is 0.710. The molecule has 0 saturated heterocycles. The Labute approximate surface area is 83.0 Å². The van der Waals surface area contributed by atoms with Crippen molar-refractivity contribution < 1.29 is 4.79 Å². The molecule has 0 radical (unpaired) electrons. The van der Waals surface area contributed by atoms with Crippen molar-refractivity contribution in [3.8, 4) is 0 Å². The molecule has 0 atom stereocenters. The highest BCUT2D eigenvalue weighted by Crippen LogP contribution is 2.00. The van der Waals surface area contributed by atoms with Crippen molar-refractivity contribution in [1.29, 1.82) is 0 Å². The largest absolute Gasteiger partial charge is 0.333 e. The van der Waals surface area contributed by atoms with Crippen molar-refractivity contribution in [3.05, 3.63) is 18.5 Å². The van der Waals surface area contributed by atoms with Gasteiger partial charge in [-0.1, -0.05) is 0 Å². The molecule has 0 bridgehead atoms. The van der Waals surface area contributed by atoms with Gasteiger partial charge < -0.3 is 5.32 Å². The number of hydrogen-bond donors (Lipinski definition) is 2. The molecule has 1 aromatic rings. The third-order valence-electron chi connectivity index (χ3n) is 1.28. The average molecular weight is 194 g/mol. The first-order valence-electron chi connectivity index (χ1n) is 4.33. The first-order valence-corrected chi connectivity index (χ1v) is 4.33. The number of carbonyl (C=O) groups is 1. The van der Waals surface area contributed by atoms with Crippen LogP contribution in [0.5, 0.6) is 0 Å². The Bertz CT molecular complexity index is 304. The Hall–Kier alpha value is -1.65. The summed E-state index contributed by atoms with van der Waals surface area (Å²) < 4.78 is 0. The number of rotatable bonds is 1. The molecule has 14 heavy (non-hydrogen) atoms. The summed E-state index contributed by atoms with van der Waals surface area (Å²) >= 11 is 0. The predicted octanol–water partition coefficient (Wildman–Crippen LogP) is 1.40. The third-order valence-corrected chi connectivity index (χ3v) is 1.28. The smallest absolute Gasteiger partial charge is 0.322 e. The van der Waals surface area contributed by atoms with Gasteiger partial charge in [0.25, 0.3) is 0 Å². The summed E-state index contributed by atoms with van der Waals surface area (Å²) in [6.07, 6.45) is 3.14. The van der Waals surface area contributed by atoms with Crippen LogP contribution in [0.2, 0.25) is 0 Å². The van der Waals surface area contributed by atoms with E-state index in [-0.39, 0.29) is 11.6 Å². The molecule has 1 aromatic heterocycles. The molecule has 76 valence electrons. The second-order valence-corrected chi connectivity index (χ2v) is 3.90. The van der Waals surface area contributed by atoms with E-state index in [0.29, 0.717) is 5.95 Å². The molecule has 1 heterocycles. The van der Waals surface area contributed by atoms with Crippen molar-refractivity contribution >= 4 is 12.0 Å². The fraction of sp³-hybridized carbons (Fsp3) is 0.444. The summed E-state index contributed by atoms with van der Waals surface area (Å²) in [7, 11) is 0. The zero-order valence-corrected chi connectivity index (χ0v) is 8.53. The molecule has 0 aliphatic carbocycles. The molecule has 2 N–H and O–H groups in total. The summed E-state index contributed by atoms with van der Waals surface area (Å²) in [4.78, 5) is 19.1. The Morgan fingerprint density at radius 2 is 1.86 bits per heavy atom. The Morgan fingerprint density at radius 1 is 1.29 bits per heavy atom. The van der Waals surface area contributed by atoms with Crippen molar-refractivity contribution in [1.82, 2.24) is 15.3 Å². The fourth-order valence-electron chi connectivity index (χ4n) is 0.837. The zero-order chi connectivity index (χ0) is 10.6. The second-order valence-electron chi connectivity index (χ2n) is 3.90. The van der Waals surface area contributed by atoms with Crippen LogP contribution in [-0.4, -0.2) is 21.5 Å². The molecular weight excluding hydrogens is 180 g/mol. The maximum atomic E-state index is 11.3. The molecule has 1 rings (SSSR count). The van der Waals surface area contributed by atoms with Crippen LogP contribution < -0.4 is 10.6 Å². The van der Waals surface area contributed by atoms with Gasteiger partial charge in [-0.15, -0.1) is 0 Å². The summed E-state index contributed by atoms with van der Waals surface area (Å²) in [6.45, 7) is 5.70. The minimum absolute atomic E-state index is 0.265. The zero-order valence-electron chi connectivity index (χ0n) is 8.53. The van der Waals surface area contributed by atoms with E-state index in [0.717, 1.165) is 0 Å². The standard InChI is InChI=1S/C9H14N4O/c1-9(2,3)13-8(14)12-7-10-5-4-6-11-7/h4-6H,1-3H3,(H2,10,11,12,13,14). The van der Waals surface area contributed by atoms with E-state index in [4.69, 9.17) is 0 Å². The monoisotopic (exact) mass is 194 g/mol. The van der Waals surface area contributed by atoms with E-state index in [1.807, 2.05) is 20.8 Å². The SMILES string of the molecule is CC(C)(C)NC(=O)Nc1ncccn1. The topological polar surface area (TPSA) is 66.9 Å². The number of nitrogens with zero attached hydrogens (tertiary/aromatic N) is 2. The lowest BCUT2D eigenvalue weighted by Crippen LogP contribution is -2.43. The molecule has 5 nitrogen and oxygen atoms in total. The maximum Gasteiger partial charge on any atom is 0.322 e. The van der Waals surface area contributed by atoms with Crippen molar-refractivity contribution in [2.45, 2.75) is 26.3 Å². The van der Waals surface area contributed by atoms with Crippen LogP contribution in [0.1, 0.15) is 20.8 Å². The molecule has 5 heteroatoms. The molecule has 0 aromatic carbocycles. The summed E-state index contributed by atoms with van der Waals surface area (Å²) in [5.41, 5.74) is -0.265. The summed E-state index contributed by atoms with van der Waals surface area (Å²) in [5, 5.41) is 5.26. The Morgan fingerprint density at radius 3 is 2.36 bits per heavy atom. The van der Waals surface area contributed by atoms with E-state index in [2.05, 4.69) is 20.6 Å². The summed E-state index contributed by atoms with van der Waals surface area (Å²) in [6, 6.07) is 1.39. The van der Waals surface area contributed by atoms with E-state index < -0.39 is 0 Å². The summed E-state index contributed by atoms with van der Waals surface area (Å²) in [5.74, 6) is 0.300. The lowest BCUT2D eigenvalue weighted by Gasteiger charge is -2.20. The van der Waals surface area contributed by atoms with Crippen LogP contribution in [0.15, 0.2) is 18.5 Å². The van der Waals surface area contributed by atoms with Crippen LogP contribution in [0.3, 0.4) is 0 Å². The van der Waals surface area contributed by atoms with Gasteiger partial charge in [-0.25, -0.2) is 14.8 Å². The highest BCUT2D eigenvalue weighted by Gasteiger charge is 2.13. The average Bonchev–Trinajstić information content (AvgIpc) is 2.02. The molecule has 2 amide bonds. The van der Waals surface area contributed by atoms with Gasteiger partial charge in [-0.05, 0) is 26.8 Å². The molecule has 0 saturated carbocycles. The van der Waals surface area contributed by atoms with Gasteiger partial charge in [0, 0.05) is 17.9 Å². The van der Waals surface area contributed by atoms with Crippen LogP contribution in [0.25, 0.3) is 0 Å². The Balaban J connectivity index is 2.50. The number of anilines is 1. The minimum atomic E-state index is -0.302. The normalized spacial score (nSPS) is 10.8. The second kappa shape index (κ2) is 4.04. The Kier molecular flexibility index (Phi) is 3.01. The van der Waals surface area contributed by atoms with Gasteiger partial charge in [0.1, 0.15) is 0 Å². The number of aromatic nitrogens is 2. The molecule has 0 aliphatic rings. The minimum Gasteiger partial charge on any atom is -0.333 e. The third kappa shape index (κ3) is 3.84. The molecule has 0 unspecified atom stereocenters. The van der Waals surface area contributed by atoms with E-state index >= 15 is 0 Å². The number of urea groups is 1. The van der Waals surface area contributed by atoms with Crippen LogP contribution in [0, 0.1) is 0 Å². The lowest BCUT2D eigenvalue weighted by atomic mass is 10.1. The molecule has 0 aliphatic heterocycles. The van der Waals surface area contributed by atoms with Gasteiger partial charge in [-0.2, -0.15) is 0 Å². The lowest BCUT2D eigenvalue weighted by molar-refractivity contribution is 0.243. The highest BCUT2D eigenvalue weighted by atomic mass is 16.2. The van der Waals surface area contributed by atoms with E-state index in [1.54, 1.807) is 18.5 Å². The first-order chi connectivity index (χ1) is 6.47. The highest BCUT2D eigenvalue weighted by molar-refractivity contribution is 5.87. The number of amides is 2. The van der Waals surface area contributed by atoms with Gasteiger partial charge >= 0.3 is 6.03 Å². The molecular formula is C9H14N4O. The van der Waals surface area contributed by atoms with Gasteiger partial charge in [0.05, 0.1) is 0 Å². The predicted molar refractivity (Wildman–Crippen MR) is 53.9 cm³/mol.